The summed E-state index contributed by atoms with van der Waals surface area (Å²) in [4.78, 5) is 24.1. The monoisotopic (exact) mass is 241 g/mol. The van der Waals surface area contributed by atoms with Crippen molar-refractivity contribution in [1.82, 2.24) is 4.90 Å². The number of carboxylic acids is 1. The predicted molar refractivity (Wildman–Crippen MR) is 57.4 cm³/mol. The van der Waals surface area contributed by atoms with E-state index in [1.54, 1.807) is 16.8 Å². The molecular weight excluding hydrogens is 230 g/mol. The minimum Gasteiger partial charge on any atom is -0.480 e. The van der Waals surface area contributed by atoms with Gasteiger partial charge in [-0.05, 0) is 11.4 Å². The Morgan fingerprint density at radius 1 is 1.50 bits per heavy atom. The SMILES string of the molecule is O=C(O)[C@@H]1CC(O)CN1C(=O)c1ccsc1. The number of likely N-dealkylation sites (tertiary alicyclic amines) is 1. The van der Waals surface area contributed by atoms with Crippen LogP contribution in [0.25, 0.3) is 0 Å². The highest BCUT2D eigenvalue weighted by Gasteiger charge is 2.39. The second kappa shape index (κ2) is 4.23. The molecular formula is C10H11NO4S. The minimum atomic E-state index is -1.07. The molecule has 16 heavy (non-hydrogen) atoms. The lowest BCUT2D eigenvalue weighted by atomic mass is 10.2. The van der Waals surface area contributed by atoms with Gasteiger partial charge in [-0.15, -0.1) is 0 Å². The highest BCUT2D eigenvalue weighted by molar-refractivity contribution is 7.08. The first-order valence-corrected chi connectivity index (χ1v) is 5.78. The Bertz CT molecular complexity index is 403. The maximum absolute atomic E-state index is 11.9. The number of aliphatic hydroxyl groups is 1. The van der Waals surface area contributed by atoms with Crippen molar-refractivity contribution in [1.29, 1.82) is 0 Å². The minimum absolute atomic E-state index is 0.0889. The summed E-state index contributed by atoms with van der Waals surface area (Å²) in [6.45, 7) is 0.0889. The number of β-amino-alcohol motifs (C(OH)–C–C–N with tert-alkyl or cyclic N) is 1. The molecule has 1 aliphatic rings. The summed E-state index contributed by atoms with van der Waals surface area (Å²) >= 11 is 1.38. The van der Waals surface area contributed by atoms with Gasteiger partial charge in [0.05, 0.1) is 11.7 Å². The Kier molecular flexibility index (Phi) is 2.93. The number of carbonyl (C=O) groups excluding carboxylic acids is 1. The number of rotatable bonds is 2. The lowest BCUT2D eigenvalue weighted by Gasteiger charge is -2.20. The lowest BCUT2D eigenvalue weighted by Crippen LogP contribution is -2.40. The molecule has 0 bridgehead atoms. The van der Waals surface area contributed by atoms with Crippen LogP contribution in [0.5, 0.6) is 0 Å². The van der Waals surface area contributed by atoms with Gasteiger partial charge < -0.3 is 15.1 Å². The molecule has 6 heteroatoms. The van der Waals surface area contributed by atoms with Crippen molar-refractivity contribution in [2.45, 2.75) is 18.6 Å². The first kappa shape index (κ1) is 11.1. The molecule has 1 saturated heterocycles. The van der Waals surface area contributed by atoms with Gasteiger partial charge in [-0.3, -0.25) is 4.79 Å². The number of aliphatic carboxylic acids is 1. The zero-order chi connectivity index (χ0) is 11.7. The number of amides is 1. The Labute approximate surface area is 95.9 Å². The van der Waals surface area contributed by atoms with E-state index in [-0.39, 0.29) is 18.9 Å². The van der Waals surface area contributed by atoms with Crippen molar-refractivity contribution in [3.63, 3.8) is 0 Å². The first-order valence-electron chi connectivity index (χ1n) is 4.83. The molecule has 2 N–H and O–H groups in total. The predicted octanol–water partition coefficient (Wildman–Crippen LogP) is 0.408. The van der Waals surface area contributed by atoms with Crippen LogP contribution in [0.3, 0.4) is 0 Å². The highest BCUT2D eigenvalue weighted by atomic mass is 32.1. The van der Waals surface area contributed by atoms with Crippen LogP contribution in [0.1, 0.15) is 16.8 Å². The van der Waals surface area contributed by atoms with Gasteiger partial charge in [0.1, 0.15) is 6.04 Å². The average molecular weight is 241 g/mol. The molecule has 0 saturated carbocycles. The largest absolute Gasteiger partial charge is 0.480 e. The number of thiophene rings is 1. The van der Waals surface area contributed by atoms with Crippen LogP contribution in [0, 0.1) is 0 Å². The summed E-state index contributed by atoms with van der Waals surface area (Å²) in [5.74, 6) is -1.40. The van der Waals surface area contributed by atoms with E-state index in [9.17, 15) is 14.7 Å². The first-order chi connectivity index (χ1) is 7.59. The van der Waals surface area contributed by atoms with Gasteiger partial charge in [0, 0.05) is 18.3 Å². The van der Waals surface area contributed by atoms with E-state index >= 15 is 0 Å². The van der Waals surface area contributed by atoms with E-state index < -0.39 is 18.1 Å². The van der Waals surface area contributed by atoms with E-state index in [4.69, 9.17) is 5.11 Å². The molecule has 0 aromatic carbocycles. The molecule has 1 aromatic rings. The van der Waals surface area contributed by atoms with Crippen molar-refractivity contribution in [3.05, 3.63) is 22.4 Å². The van der Waals surface area contributed by atoms with Crippen molar-refractivity contribution in [2.24, 2.45) is 0 Å². The molecule has 2 atom stereocenters. The molecule has 1 aliphatic heterocycles. The Morgan fingerprint density at radius 3 is 2.81 bits per heavy atom. The Hall–Kier alpha value is -1.40. The number of nitrogens with zero attached hydrogens (tertiary/aromatic N) is 1. The van der Waals surface area contributed by atoms with E-state index in [0.717, 1.165) is 0 Å². The van der Waals surface area contributed by atoms with Crippen LogP contribution in [-0.4, -0.2) is 45.7 Å². The summed E-state index contributed by atoms with van der Waals surface area (Å²) in [7, 11) is 0. The van der Waals surface area contributed by atoms with Crippen LogP contribution in [0.15, 0.2) is 16.8 Å². The lowest BCUT2D eigenvalue weighted by molar-refractivity contribution is -0.141. The smallest absolute Gasteiger partial charge is 0.326 e. The summed E-state index contributed by atoms with van der Waals surface area (Å²) in [5, 5.41) is 21.8. The Morgan fingerprint density at radius 2 is 2.25 bits per heavy atom. The Balaban J connectivity index is 2.20. The molecule has 0 radical (unpaired) electrons. The van der Waals surface area contributed by atoms with Gasteiger partial charge in [0.25, 0.3) is 5.91 Å². The number of hydrogen-bond acceptors (Lipinski definition) is 4. The van der Waals surface area contributed by atoms with Gasteiger partial charge in [-0.1, -0.05) is 0 Å². The zero-order valence-corrected chi connectivity index (χ0v) is 9.18. The van der Waals surface area contributed by atoms with Gasteiger partial charge in [0.15, 0.2) is 0 Å². The topological polar surface area (TPSA) is 77.8 Å². The summed E-state index contributed by atoms with van der Waals surface area (Å²) in [6.07, 6.45) is -0.644. The van der Waals surface area contributed by atoms with Crippen molar-refractivity contribution < 1.29 is 19.8 Å². The molecule has 0 spiro atoms. The van der Waals surface area contributed by atoms with Gasteiger partial charge in [-0.2, -0.15) is 11.3 Å². The van der Waals surface area contributed by atoms with E-state index in [2.05, 4.69) is 0 Å². The second-order valence-electron chi connectivity index (χ2n) is 3.71. The summed E-state index contributed by atoms with van der Waals surface area (Å²) < 4.78 is 0. The molecule has 5 nitrogen and oxygen atoms in total. The number of aliphatic hydroxyl groups excluding tert-OH is 1. The average Bonchev–Trinajstić information content (AvgIpc) is 2.84. The molecule has 1 aromatic heterocycles. The standard InChI is InChI=1S/C10H11NO4S/c12-7-3-8(10(14)15)11(4-7)9(13)6-1-2-16-5-6/h1-2,5,7-8,12H,3-4H2,(H,14,15)/t7?,8-/m0/s1. The fourth-order valence-electron chi connectivity index (χ4n) is 1.82. The molecule has 0 aliphatic carbocycles. The molecule has 1 fully saturated rings. The maximum Gasteiger partial charge on any atom is 0.326 e. The van der Waals surface area contributed by atoms with Crippen LogP contribution in [0.2, 0.25) is 0 Å². The van der Waals surface area contributed by atoms with Crippen molar-refractivity contribution in [2.75, 3.05) is 6.54 Å². The van der Waals surface area contributed by atoms with Crippen molar-refractivity contribution in [3.8, 4) is 0 Å². The fraction of sp³-hybridized carbons (Fsp3) is 0.400. The number of carbonyl (C=O) groups is 2. The fourth-order valence-corrected chi connectivity index (χ4v) is 2.45. The number of hydrogen-bond donors (Lipinski definition) is 2. The maximum atomic E-state index is 11.9. The van der Waals surface area contributed by atoms with Crippen molar-refractivity contribution >= 4 is 23.2 Å². The summed E-state index contributed by atoms with van der Waals surface area (Å²) in [6, 6.07) is 0.735. The van der Waals surface area contributed by atoms with Gasteiger partial charge >= 0.3 is 5.97 Å². The number of carboxylic acid groups (broad SMARTS) is 1. The molecule has 1 unspecified atom stereocenters. The second-order valence-corrected chi connectivity index (χ2v) is 4.49. The highest BCUT2D eigenvalue weighted by Crippen LogP contribution is 2.21. The molecule has 2 rings (SSSR count). The van der Waals surface area contributed by atoms with Crippen LogP contribution >= 0.6 is 11.3 Å². The normalized spacial score (nSPS) is 24.7. The van der Waals surface area contributed by atoms with E-state index in [1.807, 2.05) is 0 Å². The molecule has 1 amide bonds. The zero-order valence-electron chi connectivity index (χ0n) is 8.37. The van der Waals surface area contributed by atoms with Crippen LogP contribution in [-0.2, 0) is 4.79 Å². The van der Waals surface area contributed by atoms with Crippen LogP contribution in [0.4, 0.5) is 0 Å². The third-order valence-corrected chi connectivity index (χ3v) is 3.28. The van der Waals surface area contributed by atoms with Gasteiger partial charge in [-0.25, -0.2) is 4.79 Å². The van der Waals surface area contributed by atoms with E-state index in [0.29, 0.717) is 5.56 Å². The van der Waals surface area contributed by atoms with Gasteiger partial charge in [0.2, 0.25) is 0 Å². The van der Waals surface area contributed by atoms with Crippen LogP contribution < -0.4 is 0 Å². The summed E-state index contributed by atoms with van der Waals surface area (Å²) in [5.41, 5.74) is 0.477. The third kappa shape index (κ3) is 1.94. The third-order valence-electron chi connectivity index (χ3n) is 2.59. The molecule has 86 valence electrons. The molecule has 2 heterocycles. The quantitative estimate of drug-likeness (QED) is 0.786. The van der Waals surface area contributed by atoms with E-state index in [1.165, 1.54) is 16.2 Å².